The molecular weight excluding hydrogens is 210 g/mol. The first-order valence-electron chi connectivity index (χ1n) is 6.24. The Hall–Kier alpha value is -1.57. The Balaban J connectivity index is 2.22. The number of rotatable bonds is 1. The van der Waals surface area contributed by atoms with Gasteiger partial charge < -0.3 is 4.57 Å². The third-order valence-corrected chi connectivity index (χ3v) is 4.10. The largest absolute Gasteiger partial charge is 0.348 e. The molecule has 2 aromatic rings. The van der Waals surface area contributed by atoms with Crippen LogP contribution in [0.5, 0.6) is 0 Å². The molecule has 17 heavy (non-hydrogen) atoms. The van der Waals surface area contributed by atoms with Crippen molar-refractivity contribution in [2.75, 3.05) is 0 Å². The second-order valence-corrected chi connectivity index (χ2v) is 5.05. The van der Waals surface area contributed by atoms with Crippen LogP contribution < -0.4 is 0 Å². The zero-order chi connectivity index (χ0) is 12.0. The highest BCUT2D eigenvalue weighted by Crippen LogP contribution is 2.39. The second kappa shape index (κ2) is 3.73. The van der Waals surface area contributed by atoms with Crippen LogP contribution in [0.1, 0.15) is 36.4 Å². The SMILES string of the molecule is Cc1c([C@@H]2CCC(=O)C2)c2ccccc2n1C. The summed E-state index contributed by atoms with van der Waals surface area (Å²) in [5, 5.41) is 1.33. The van der Waals surface area contributed by atoms with E-state index in [0.29, 0.717) is 11.7 Å². The number of hydrogen-bond donors (Lipinski definition) is 0. The molecule has 2 heteroatoms. The summed E-state index contributed by atoms with van der Waals surface area (Å²) in [7, 11) is 2.11. The van der Waals surface area contributed by atoms with Crippen LogP contribution in [0.2, 0.25) is 0 Å². The molecule has 0 saturated heterocycles. The Morgan fingerprint density at radius 2 is 2.06 bits per heavy atom. The van der Waals surface area contributed by atoms with Crippen LogP contribution >= 0.6 is 0 Å². The van der Waals surface area contributed by atoms with Gasteiger partial charge >= 0.3 is 0 Å². The first-order valence-corrected chi connectivity index (χ1v) is 6.24. The molecule has 1 aliphatic rings. The molecule has 1 fully saturated rings. The Morgan fingerprint density at radius 3 is 2.76 bits per heavy atom. The minimum atomic E-state index is 0.419. The van der Waals surface area contributed by atoms with Gasteiger partial charge in [-0.05, 0) is 30.9 Å². The van der Waals surface area contributed by atoms with Crippen molar-refractivity contribution in [1.29, 1.82) is 0 Å². The van der Waals surface area contributed by atoms with Crippen molar-refractivity contribution < 1.29 is 4.79 Å². The molecule has 0 aliphatic heterocycles. The van der Waals surface area contributed by atoms with Crippen LogP contribution in [0.25, 0.3) is 10.9 Å². The number of aromatic nitrogens is 1. The monoisotopic (exact) mass is 227 g/mol. The highest BCUT2D eigenvalue weighted by molar-refractivity contribution is 5.88. The molecule has 0 unspecified atom stereocenters. The van der Waals surface area contributed by atoms with Crippen LogP contribution in [0, 0.1) is 6.92 Å². The lowest BCUT2D eigenvalue weighted by Crippen LogP contribution is -1.98. The number of para-hydroxylation sites is 1. The van der Waals surface area contributed by atoms with Gasteiger partial charge in [-0.15, -0.1) is 0 Å². The molecule has 1 aromatic carbocycles. The number of benzene rings is 1. The maximum Gasteiger partial charge on any atom is 0.133 e. The van der Waals surface area contributed by atoms with Gasteiger partial charge in [0, 0.05) is 36.5 Å². The highest BCUT2D eigenvalue weighted by atomic mass is 16.1. The molecular formula is C15H17NO. The van der Waals surface area contributed by atoms with Gasteiger partial charge in [0.1, 0.15) is 5.78 Å². The van der Waals surface area contributed by atoms with Crippen molar-refractivity contribution in [3.05, 3.63) is 35.5 Å². The van der Waals surface area contributed by atoms with E-state index in [1.165, 1.54) is 22.2 Å². The average Bonchev–Trinajstić information content (AvgIpc) is 2.84. The number of fused-ring (bicyclic) bond motifs is 1. The number of hydrogen-bond acceptors (Lipinski definition) is 1. The Labute approximate surface area is 101 Å². The smallest absolute Gasteiger partial charge is 0.133 e. The lowest BCUT2D eigenvalue weighted by Gasteiger charge is -2.09. The van der Waals surface area contributed by atoms with Crippen molar-refractivity contribution >= 4 is 16.7 Å². The summed E-state index contributed by atoms with van der Waals surface area (Å²) in [5.41, 5.74) is 3.99. The third kappa shape index (κ3) is 1.51. The number of Topliss-reactive ketones (excluding diaryl/α,β-unsaturated/α-hetero) is 1. The van der Waals surface area contributed by atoms with E-state index in [1.54, 1.807) is 0 Å². The molecule has 0 spiro atoms. The van der Waals surface area contributed by atoms with Crippen molar-refractivity contribution in [1.82, 2.24) is 4.57 Å². The molecule has 0 radical (unpaired) electrons. The number of nitrogens with zero attached hydrogens (tertiary/aromatic N) is 1. The summed E-state index contributed by atoms with van der Waals surface area (Å²) in [6.45, 7) is 2.16. The van der Waals surface area contributed by atoms with Crippen LogP contribution in [0.3, 0.4) is 0 Å². The molecule has 1 aromatic heterocycles. The summed E-state index contributed by atoms with van der Waals surface area (Å²) in [6.07, 6.45) is 2.51. The quantitative estimate of drug-likeness (QED) is 0.732. The van der Waals surface area contributed by atoms with E-state index in [2.05, 4.69) is 42.8 Å². The Bertz CT molecular complexity index is 594. The minimum absolute atomic E-state index is 0.419. The van der Waals surface area contributed by atoms with Gasteiger partial charge in [-0.3, -0.25) is 4.79 Å². The lowest BCUT2D eigenvalue weighted by atomic mass is 9.95. The predicted octanol–water partition coefficient (Wildman–Crippen LogP) is 3.32. The summed E-state index contributed by atoms with van der Waals surface area (Å²) in [6, 6.07) is 8.50. The maximum absolute atomic E-state index is 11.5. The molecule has 0 bridgehead atoms. The fourth-order valence-corrected chi connectivity index (χ4v) is 3.13. The van der Waals surface area contributed by atoms with Gasteiger partial charge in [-0.25, -0.2) is 0 Å². The minimum Gasteiger partial charge on any atom is -0.348 e. The molecule has 0 amide bonds. The molecule has 1 saturated carbocycles. The fourth-order valence-electron chi connectivity index (χ4n) is 3.13. The molecule has 1 heterocycles. The number of carbonyl (C=O) groups is 1. The van der Waals surface area contributed by atoms with E-state index < -0.39 is 0 Å². The van der Waals surface area contributed by atoms with Gasteiger partial charge in [-0.2, -0.15) is 0 Å². The van der Waals surface area contributed by atoms with Gasteiger partial charge in [0.2, 0.25) is 0 Å². The third-order valence-electron chi connectivity index (χ3n) is 4.10. The van der Waals surface area contributed by atoms with Crippen molar-refractivity contribution in [3.63, 3.8) is 0 Å². The standard InChI is InChI=1S/C15H17NO/c1-10-15(11-7-8-12(17)9-11)13-5-3-4-6-14(13)16(10)2/h3-6,11H,7-9H2,1-2H3/t11-/m1/s1. The Kier molecular flexibility index (Phi) is 2.32. The second-order valence-electron chi connectivity index (χ2n) is 5.05. The maximum atomic E-state index is 11.5. The summed E-state index contributed by atoms with van der Waals surface area (Å²) >= 11 is 0. The van der Waals surface area contributed by atoms with E-state index in [0.717, 1.165) is 19.3 Å². The molecule has 1 aliphatic carbocycles. The zero-order valence-corrected chi connectivity index (χ0v) is 10.4. The molecule has 3 rings (SSSR count). The van der Waals surface area contributed by atoms with Crippen LogP contribution in [-0.4, -0.2) is 10.4 Å². The number of ketones is 1. The lowest BCUT2D eigenvalue weighted by molar-refractivity contribution is -0.117. The molecule has 1 atom stereocenters. The van der Waals surface area contributed by atoms with Crippen LogP contribution in [0.15, 0.2) is 24.3 Å². The van der Waals surface area contributed by atoms with E-state index in [-0.39, 0.29) is 0 Å². The Morgan fingerprint density at radius 1 is 1.29 bits per heavy atom. The van der Waals surface area contributed by atoms with Crippen LogP contribution in [-0.2, 0) is 11.8 Å². The molecule has 0 N–H and O–H groups in total. The van der Waals surface area contributed by atoms with Gasteiger partial charge in [0.05, 0.1) is 0 Å². The first kappa shape index (κ1) is 10.6. The normalized spacial score (nSPS) is 20.4. The fraction of sp³-hybridized carbons (Fsp3) is 0.400. The number of carbonyl (C=O) groups excluding carboxylic acids is 1. The highest BCUT2D eigenvalue weighted by Gasteiger charge is 2.27. The predicted molar refractivity (Wildman–Crippen MR) is 69.3 cm³/mol. The van der Waals surface area contributed by atoms with Crippen molar-refractivity contribution in [2.45, 2.75) is 32.1 Å². The van der Waals surface area contributed by atoms with Crippen molar-refractivity contribution in [3.8, 4) is 0 Å². The van der Waals surface area contributed by atoms with Gasteiger partial charge in [0.15, 0.2) is 0 Å². The number of aryl methyl sites for hydroxylation is 1. The topological polar surface area (TPSA) is 22.0 Å². The van der Waals surface area contributed by atoms with Gasteiger partial charge in [0.25, 0.3) is 0 Å². The average molecular weight is 227 g/mol. The zero-order valence-electron chi connectivity index (χ0n) is 10.4. The first-order chi connectivity index (χ1) is 8.18. The van der Waals surface area contributed by atoms with E-state index in [1.807, 2.05) is 0 Å². The van der Waals surface area contributed by atoms with Crippen molar-refractivity contribution in [2.24, 2.45) is 7.05 Å². The summed E-state index contributed by atoms with van der Waals surface area (Å²) < 4.78 is 2.24. The molecule has 2 nitrogen and oxygen atoms in total. The summed E-state index contributed by atoms with van der Waals surface area (Å²) in [4.78, 5) is 11.5. The van der Waals surface area contributed by atoms with Crippen LogP contribution in [0.4, 0.5) is 0 Å². The van der Waals surface area contributed by atoms with E-state index in [4.69, 9.17) is 0 Å². The molecule has 88 valence electrons. The summed E-state index contributed by atoms with van der Waals surface area (Å²) in [5.74, 6) is 0.857. The van der Waals surface area contributed by atoms with Gasteiger partial charge in [-0.1, -0.05) is 18.2 Å². The van der Waals surface area contributed by atoms with E-state index in [9.17, 15) is 4.79 Å². The van der Waals surface area contributed by atoms with E-state index >= 15 is 0 Å².